The van der Waals surface area contributed by atoms with Crippen LogP contribution < -0.4 is 16.0 Å². The van der Waals surface area contributed by atoms with Crippen molar-refractivity contribution in [2.24, 2.45) is 0 Å². The van der Waals surface area contributed by atoms with Gasteiger partial charge in [0.2, 0.25) is 5.91 Å². The highest BCUT2D eigenvalue weighted by molar-refractivity contribution is 5.89. The van der Waals surface area contributed by atoms with E-state index in [4.69, 9.17) is 0 Å². The maximum absolute atomic E-state index is 13.1. The van der Waals surface area contributed by atoms with Gasteiger partial charge in [-0.05, 0) is 55.5 Å². The fraction of sp³-hybridized carbons (Fsp3) is 0.391. The second-order valence-electron chi connectivity index (χ2n) is 7.91. The molecule has 3 atom stereocenters. The maximum atomic E-state index is 13.1. The number of aliphatic hydroxyl groups is 1. The van der Waals surface area contributed by atoms with Crippen molar-refractivity contribution in [2.45, 2.75) is 50.2 Å². The van der Waals surface area contributed by atoms with E-state index in [0.29, 0.717) is 37.9 Å². The van der Waals surface area contributed by atoms with E-state index in [1.807, 2.05) is 30.3 Å². The molecule has 160 valence electrons. The molecule has 3 rings (SSSR count). The number of hydrogen-bond donors (Lipinski definition) is 4. The molecule has 0 spiro atoms. The lowest BCUT2D eigenvalue weighted by Crippen LogP contribution is -2.43. The van der Waals surface area contributed by atoms with Gasteiger partial charge in [0.1, 0.15) is 5.82 Å². The van der Waals surface area contributed by atoms with Gasteiger partial charge in [-0.3, -0.25) is 4.79 Å². The van der Waals surface area contributed by atoms with Crippen molar-refractivity contribution in [1.82, 2.24) is 10.6 Å². The largest absolute Gasteiger partial charge is 0.391 e. The SMILES string of the molecule is CC(=O)N[C@H]1CC[C@](CNC(=O)Nc2ccc(F)cc2)(c2ccccc2)CC[C@@H]1O. The van der Waals surface area contributed by atoms with Gasteiger partial charge in [0.05, 0.1) is 12.1 Å². The van der Waals surface area contributed by atoms with Gasteiger partial charge in [-0.2, -0.15) is 0 Å². The molecular formula is C23H28FN3O3. The number of carbonyl (C=O) groups excluding carboxylic acids is 2. The third kappa shape index (κ3) is 5.57. The molecule has 2 aromatic carbocycles. The minimum absolute atomic E-state index is 0.164. The van der Waals surface area contributed by atoms with Crippen molar-refractivity contribution in [3.8, 4) is 0 Å². The molecule has 0 bridgehead atoms. The number of aliphatic hydroxyl groups excluding tert-OH is 1. The highest BCUT2D eigenvalue weighted by atomic mass is 19.1. The van der Waals surface area contributed by atoms with Gasteiger partial charge in [-0.1, -0.05) is 30.3 Å². The van der Waals surface area contributed by atoms with Gasteiger partial charge in [0.15, 0.2) is 0 Å². The van der Waals surface area contributed by atoms with Crippen molar-refractivity contribution in [3.05, 3.63) is 66.0 Å². The molecule has 6 nitrogen and oxygen atoms in total. The number of nitrogens with one attached hydrogen (secondary N) is 3. The van der Waals surface area contributed by atoms with E-state index in [0.717, 1.165) is 5.56 Å². The molecule has 1 saturated carbocycles. The first-order valence-electron chi connectivity index (χ1n) is 10.2. The summed E-state index contributed by atoms with van der Waals surface area (Å²) >= 11 is 0. The molecule has 7 heteroatoms. The first-order valence-corrected chi connectivity index (χ1v) is 10.2. The summed E-state index contributed by atoms with van der Waals surface area (Å²) in [4.78, 5) is 24.0. The van der Waals surface area contributed by atoms with Gasteiger partial charge >= 0.3 is 6.03 Å². The van der Waals surface area contributed by atoms with E-state index in [9.17, 15) is 19.1 Å². The molecule has 1 aliphatic carbocycles. The summed E-state index contributed by atoms with van der Waals surface area (Å²) in [7, 11) is 0. The second kappa shape index (κ2) is 9.71. The molecule has 1 aliphatic rings. The summed E-state index contributed by atoms with van der Waals surface area (Å²) in [6.07, 6.45) is 1.87. The van der Waals surface area contributed by atoms with Crippen molar-refractivity contribution in [3.63, 3.8) is 0 Å². The zero-order chi connectivity index (χ0) is 21.6. The zero-order valence-electron chi connectivity index (χ0n) is 17.0. The Morgan fingerprint density at radius 1 is 1.07 bits per heavy atom. The summed E-state index contributed by atoms with van der Waals surface area (Å²) in [5, 5.41) is 19.0. The molecule has 3 amide bonds. The maximum Gasteiger partial charge on any atom is 0.319 e. The average molecular weight is 413 g/mol. The Labute approximate surface area is 175 Å². The minimum Gasteiger partial charge on any atom is -0.391 e. The van der Waals surface area contributed by atoms with Crippen LogP contribution in [0.15, 0.2) is 54.6 Å². The Kier molecular flexibility index (Phi) is 7.05. The molecule has 4 N–H and O–H groups in total. The smallest absolute Gasteiger partial charge is 0.319 e. The van der Waals surface area contributed by atoms with Crippen LogP contribution in [0.4, 0.5) is 14.9 Å². The molecule has 2 aromatic rings. The Balaban J connectivity index is 1.73. The second-order valence-corrected chi connectivity index (χ2v) is 7.91. The van der Waals surface area contributed by atoms with Crippen molar-refractivity contribution in [2.75, 3.05) is 11.9 Å². The van der Waals surface area contributed by atoms with Crippen LogP contribution in [0.25, 0.3) is 0 Å². The quantitative estimate of drug-likeness (QED) is 0.567. The van der Waals surface area contributed by atoms with Gasteiger partial charge in [-0.25, -0.2) is 9.18 Å². The lowest BCUT2D eigenvalue weighted by Gasteiger charge is -2.34. The number of urea groups is 1. The number of rotatable bonds is 5. The van der Waals surface area contributed by atoms with E-state index in [-0.39, 0.29) is 29.2 Å². The first-order chi connectivity index (χ1) is 14.4. The average Bonchev–Trinajstić information content (AvgIpc) is 2.89. The molecule has 0 aliphatic heterocycles. The standard InChI is InChI=1S/C23H28FN3O3/c1-16(28)26-20-11-13-23(14-12-21(20)29,17-5-3-2-4-6-17)15-25-22(30)27-19-9-7-18(24)8-10-19/h2-10,20-21,29H,11-15H2,1H3,(H,26,28)(H2,25,27,30)/t20-,21-,23-/m0/s1. The fourth-order valence-corrected chi connectivity index (χ4v) is 4.12. The van der Waals surface area contributed by atoms with Crippen LogP contribution in [0.1, 0.15) is 38.2 Å². The van der Waals surface area contributed by atoms with Crippen LogP contribution in [-0.2, 0) is 10.2 Å². The number of halogens is 1. The predicted octanol–water partition coefficient (Wildman–Crippen LogP) is 3.32. The fourth-order valence-electron chi connectivity index (χ4n) is 4.12. The van der Waals surface area contributed by atoms with Crippen LogP contribution in [0.3, 0.4) is 0 Å². The molecule has 0 unspecified atom stereocenters. The molecule has 0 aromatic heterocycles. The Morgan fingerprint density at radius 2 is 1.73 bits per heavy atom. The molecule has 0 saturated heterocycles. The summed E-state index contributed by atoms with van der Waals surface area (Å²) < 4.78 is 13.1. The highest BCUT2D eigenvalue weighted by Gasteiger charge is 2.38. The van der Waals surface area contributed by atoms with E-state index in [1.54, 1.807) is 0 Å². The van der Waals surface area contributed by atoms with Gasteiger partial charge in [0.25, 0.3) is 0 Å². The van der Waals surface area contributed by atoms with Gasteiger partial charge < -0.3 is 21.1 Å². The topological polar surface area (TPSA) is 90.5 Å². The normalized spacial score (nSPS) is 23.8. The summed E-state index contributed by atoms with van der Waals surface area (Å²) in [6, 6.07) is 14.8. The van der Waals surface area contributed by atoms with Gasteiger partial charge in [0, 0.05) is 24.6 Å². The molecular weight excluding hydrogens is 385 g/mol. The molecule has 0 heterocycles. The monoisotopic (exact) mass is 413 g/mol. The number of carbonyl (C=O) groups is 2. The van der Waals surface area contributed by atoms with Crippen LogP contribution in [0, 0.1) is 5.82 Å². The lowest BCUT2D eigenvalue weighted by molar-refractivity contribution is -0.120. The van der Waals surface area contributed by atoms with Crippen LogP contribution in [0.5, 0.6) is 0 Å². The summed E-state index contributed by atoms with van der Waals surface area (Å²) in [5.74, 6) is -0.530. The van der Waals surface area contributed by atoms with E-state index >= 15 is 0 Å². The van der Waals surface area contributed by atoms with E-state index < -0.39 is 6.10 Å². The molecule has 1 fully saturated rings. The lowest BCUT2D eigenvalue weighted by atomic mass is 9.74. The van der Waals surface area contributed by atoms with Crippen LogP contribution >= 0.6 is 0 Å². The van der Waals surface area contributed by atoms with E-state index in [2.05, 4.69) is 16.0 Å². The first kappa shape index (κ1) is 21.8. The third-order valence-corrected chi connectivity index (χ3v) is 5.78. The Hall–Kier alpha value is -2.93. The van der Waals surface area contributed by atoms with Gasteiger partial charge in [-0.15, -0.1) is 0 Å². The number of hydrogen-bond acceptors (Lipinski definition) is 3. The highest BCUT2D eigenvalue weighted by Crippen LogP contribution is 2.38. The zero-order valence-corrected chi connectivity index (χ0v) is 17.0. The summed E-state index contributed by atoms with van der Waals surface area (Å²) in [5.41, 5.74) is 1.22. The van der Waals surface area contributed by atoms with Crippen LogP contribution in [-0.4, -0.2) is 35.7 Å². The van der Waals surface area contributed by atoms with E-state index in [1.165, 1.54) is 31.2 Å². The number of amides is 3. The van der Waals surface area contributed by atoms with Crippen LogP contribution in [0.2, 0.25) is 0 Å². The van der Waals surface area contributed by atoms with Crippen molar-refractivity contribution >= 4 is 17.6 Å². The Morgan fingerprint density at radius 3 is 2.40 bits per heavy atom. The Bertz CT molecular complexity index is 860. The predicted molar refractivity (Wildman–Crippen MR) is 114 cm³/mol. The van der Waals surface area contributed by atoms with Crippen molar-refractivity contribution < 1.29 is 19.1 Å². The minimum atomic E-state index is -0.632. The van der Waals surface area contributed by atoms with Crippen molar-refractivity contribution in [1.29, 1.82) is 0 Å². The summed E-state index contributed by atoms with van der Waals surface area (Å²) in [6.45, 7) is 1.83. The third-order valence-electron chi connectivity index (χ3n) is 5.78. The molecule has 30 heavy (non-hydrogen) atoms. The number of benzene rings is 2. The number of anilines is 1. The molecule has 0 radical (unpaired) electrons.